The summed E-state index contributed by atoms with van der Waals surface area (Å²) in [7, 11) is 0. The summed E-state index contributed by atoms with van der Waals surface area (Å²) in [4.78, 5) is 17.1. The predicted molar refractivity (Wildman–Crippen MR) is 75.7 cm³/mol. The maximum atomic E-state index is 10.7. The molecule has 1 atom stereocenters. The second-order valence-electron chi connectivity index (χ2n) is 5.71. The van der Waals surface area contributed by atoms with E-state index in [1.807, 2.05) is 19.9 Å². The third-order valence-electron chi connectivity index (χ3n) is 3.36. The van der Waals surface area contributed by atoms with Crippen LogP contribution in [0.3, 0.4) is 0 Å². The highest BCUT2D eigenvalue weighted by atomic mass is 16.5. The number of ether oxygens (including phenoxy) is 1. The van der Waals surface area contributed by atoms with E-state index in [-0.39, 0.29) is 12.0 Å². The van der Waals surface area contributed by atoms with Gasteiger partial charge in [0, 0.05) is 25.3 Å². The fraction of sp³-hybridized carbons (Fsp3) is 0.571. The third-order valence-corrected chi connectivity index (χ3v) is 3.36. The number of morpholine rings is 1. The molecule has 1 aliphatic rings. The van der Waals surface area contributed by atoms with Crippen molar-refractivity contribution in [3.05, 3.63) is 24.0 Å². The zero-order chi connectivity index (χ0) is 14.8. The fourth-order valence-electron chi connectivity index (χ4n) is 2.36. The Labute approximate surface area is 118 Å². The van der Waals surface area contributed by atoms with Crippen LogP contribution >= 0.6 is 0 Å². The van der Waals surface area contributed by atoms with E-state index in [0.29, 0.717) is 6.61 Å². The van der Waals surface area contributed by atoms with Crippen molar-refractivity contribution < 1.29 is 14.6 Å². The second-order valence-corrected chi connectivity index (χ2v) is 5.71. The fourth-order valence-corrected chi connectivity index (χ4v) is 2.36. The number of carboxylic acids is 1. The zero-order valence-corrected chi connectivity index (χ0v) is 11.9. The lowest BCUT2D eigenvalue weighted by molar-refractivity contribution is -0.137. The van der Waals surface area contributed by atoms with Crippen LogP contribution in [0.2, 0.25) is 0 Å². The Kier molecular flexibility index (Phi) is 4.25. The van der Waals surface area contributed by atoms with Gasteiger partial charge in [0.2, 0.25) is 0 Å². The molecule has 1 unspecified atom stereocenters. The first-order chi connectivity index (χ1) is 9.37. The Hall–Kier alpha value is -1.66. The van der Waals surface area contributed by atoms with Crippen LogP contribution in [0, 0.1) is 0 Å². The van der Waals surface area contributed by atoms with E-state index < -0.39 is 12.0 Å². The summed E-state index contributed by atoms with van der Waals surface area (Å²) in [5, 5.41) is 8.80. The van der Waals surface area contributed by atoms with Crippen molar-refractivity contribution in [3.8, 4) is 0 Å². The molecule has 0 aromatic carbocycles. The first-order valence-corrected chi connectivity index (χ1v) is 6.69. The summed E-state index contributed by atoms with van der Waals surface area (Å²) < 4.78 is 5.68. The molecule has 1 aromatic rings. The number of anilines is 1. The minimum atomic E-state index is -0.907. The van der Waals surface area contributed by atoms with Crippen LogP contribution in [-0.2, 0) is 9.53 Å². The lowest BCUT2D eigenvalue weighted by atomic mass is 10.0. The Morgan fingerprint density at radius 3 is 3.00 bits per heavy atom. The molecule has 1 fully saturated rings. The summed E-state index contributed by atoms with van der Waals surface area (Å²) in [6, 6.07) is 1.39. The summed E-state index contributed by atoms with van der Waals surface area (Å²) in [5.41, 5.74) is 7.39. The molecule has 3 N–H and O–H groups in total. The van der Waals surface area contributed by atoms with E-state index in [4.69, 9.17) is 15.6 Å². The number of nitrogens with zero attached hydrogens (tertiary/aromatic N) is 2. The number of hydrogen-bond acceptors (Lipinski definition) is 5. The van der Waals surface area contributed by atoms with E-state index in [9.17, 15) is 4.79 Å². The van der Waals surface area contributed by atoms with Gasteiger partial charge in [0.05, 0.1) is 30.5 Å². The number of aromatic nitrogens is 1. The predicted octanol–water partition coefficient (Wildman–Crippen LogP) is 1.17. The van der Waals surface area contributed by atoms with Crippen LogP contribution in [-0.4, -0.2) is 41.4 Å². The molecule has 1 aliphatic heterocycles. The van der Waals surface area contributed by atoms with Crippen molar-refractivity contribution in [2.75, 3.05) is 24.6 Å². The van der Waals surface area contributed by atoms with Crippen molar-refractivity contribution in [1.29, 1.82) is 0 Å². The van der Waals surface area contributed by atoms with Crippen LogP contribution in [0.5, 0.6) is 0 Å². The number of aliphatic carboxylic acids is 1. The number of pyridine rings is 1. The van der Waals surface area contributed by atoms with Crippen LogP contribution in [0.25, 0.3) is 0 Å². The van der Waals surface area contributed by atoms with Gasteiger partial charge in [0.15, 0.2) is 0 Å². The minimum Gasteiger partial charge on any atom is -0.481 e. The number of carboxylic acid groups (broad SMARTS) is 1. The van der Waals surface area contributed by atoms with Crippen LogP contribution in [0.1, 0.15) is 31.9 Å². The van der Waals surface area contributed by atoms with Gasteiger partial charge < -0.3 is 20.5 Å². The number of hydrogen-bond donors (Lipinski definition) is 2. The molecule has 1 saturated heterocycles. The second kappa shape index (κ2) is 5.76. The molecular formula is C14H21N3O3. The van der Waals surface area contributed by atoms with Gasteiger partial charge >= 0.3 is 5.97 Å². The molecule has 20 heavy (non-hydrogen) atoms. The Bertz CT molecular complexity index is 490. The number of rotatable bonds is 4. The summed E-state index contributed by atoms with van der Waals surface area (Å²) >= 11 is 0. The monoisotopic (exact) mass is 279 g/mol. The molecule has 0 saturated carbocycles. The van der Waals surface area contributed by atoms with Crippen molar-refractivity contribution in [2.24, 2.45) is 5.73 Å². The average Bonchev–Trinajstić information content (AvgIpc) is 2.37. The molecule has 0 aliphatic carbocycles. The summed E-state index contributed by atoms with van der Waals surface area (Å²) in [5.74, 6) is -0.907. The molecule has 6 nitrogen and oxygen atoms in total. The van der Waals surface area contributed by atoms with Crippen molar-refractivity contribution in [3.63, 3.8) is 0 Å². The molecular weight excluding hydrogens is 258 g/mol. The van der Waals surface area contributed by atoms with Crippen molar-refractivity contribution in [1.82, 2.24) is 4.98 Å². The van der Waals surface area contributed by atoms with Gasteiger partial charge in [-0.05, 0) is 25.5 Å². The smallest absolute Gasteiger partial charge is 0.305 e. The topological polar surface area (TPSA) is 88.7 Å². The summed E-state index contributed by atoms with van der Waals surface area (Å²) in [6.07, 6.45) is 3.31. The lowest BCUT2D eigenvalue weighted by Gasteiger charge is -2.39. The van der Waals surface area contributed by atoms with Gasteiger partial charge in [-0.3, -0.25) is 9.78 Å². The normalized spacial score (nSPS) is 19.6. The van der Waals surface area contributed by atoms with Crippen molar-refractivity contribution in [2.45, 2.75) is 31.9 Å². The van der Waals surface area contributed by atoms with Crippen molar-refractivity contribution >= 4 is 11.7 Å². The SMILES string of the molecule is CC1(C)CN(c2cncc(C(N)CC(=O)O)c2)CCO1. The van der Waals surface area contributed by atoms with Crippen LogP contribution < -0.4 is 10.6 Å². The first kappa shape index (κ1) is 14.7. The molecule has 0 amide bonds. The summed E-state index contributed by atoms with van der Waals surface area (Å²) in [6.45, 7) is 6.33. The molecule has 110 valence electrons. The highest BCUT2D eigenvalue weighted by Crippen LogP contribution is 2.25. The Balaban J connectivity index is 2.15. The van der Waals surface area contributed by atoms with Gasteiger partial charge in [-0.1, -0.05) is 0 Å². The van der Waals surface area contributed by atoms with Gasteiger partial charge in [0.25, 0.3) is 0 Å². The highest BCUT2D eigenvalue weighted by molar-refractivity contribution is 5.68. The molecule has 0 radical (unpaired) electrons. The molecule has 1 aromatic heterocycles. The zero-order valence-electron chi connectivity index (χ0n) is 11.9. The number of carbonyl (C=O) groups is 1. The number of nitrogens with two attached hydrogens (primary N) is 1. The highest BCUT2D eigenvalue weighted by Gasteiger charge is 2.27. The Morgan fingerprint density at radius 2 is 2.35 bits per heavy atom. The molecule has 0 bridgehead atoms. The molecule has 2 heterocycles. The van der Waals surface area contributed by atoms with Crippen LogP contribution in [0.15, 0.2) is 18.5 Å². The van der Waals surface area contributed by atoms with E-state index >= 15 is 0 Å². The largest absolute Gasteiger partial charge is 0.481 e. The van der Waals surface area contributed by atoms with E-state index in [1.54, 1.807) is 12.4 Å². The van der Waals surface area contributed by atoms with Gasteiger partial charge in [-0.2, -0.15) is 0 Å². The molecule has 0 spiro atoms. The minimum absolute atomic E-state index is 0.0975. The third kappa shape index (κ3) is 3.68. The van der Waals surface area contributed by atoms with Gasteiger partial charge in [-0.25, -0.2) is 0 Å². The van der Waals surface area contributed by atoms with Crippen LogP contribution in [0.4, 0.5) is 5.69 Å². The Morgan fingerprint density at radius 1 is 1.60 bits per heavy atom. The molecule has 6 heteroatoms. The van der Waals surface area contributed by atoms with E-state index in [2.05, 4.69) is 9.88 Å². The average molecular weight is 279 g/mol. The maximum absolute atomic E-state index is 10.7. The quantitative estimate of drug-likeness (QED) is 0.860. The van der Waals surface area contributed by atoms with Gasteiger partial charge in [-0.15, -0.1) is 0 Å². The van der Waals surface area contributed by atoms with E-state index in [1.165, 1.54) is 0 Å². The first-order valence-electron chi connectivity index (χ1n) is 6.69. The standard InChI is InChI=1S/C14H21N3O3/c1-14(2)9-17(3-4-20-14)11-5-10(7-16-8-11)12(15)6-13(18)19/h5,7-8,12H,3-4,6,9,15H2,1-2H3,(H,18,19). The molecule has 2 rings (SSSR count). The maximum Gasteiger partial charge on any atom is 0.305 e. The lowest BCUT2D eigenvalue weighted by Crippen LogP contribution is -2.48. The van der Waals surface area contributed by atoms with Gasteiger partial charge in [0.1, 0.15) is 0 Å². The van der Waals surface area contributed by atoms with E-state index in [0.717, 1.165) is 24.3 Å².